The third-order valence-corrected chi connectivity index (χ3v) is 6.02. The maximum atomic E-state index is 13.0. The van der Waals surface area contributed by atoms with Crippen LogP contribution >= 0.6 is 12.2 Å². The second kappa shape index (κ2) is 9.32. The number of hydrogen-bond acceptors (Lipinski definition) is 4. The minimum atomic E-state index is -0.211. The van der Waals surface area contributed by atoms with Gasteiger partial charge in [-0.25, -0.2) is 0 Å². The molecule has 32 heavy (non-hydrogen) atoms. The van der Waals surface area contributed by atoms with Gasteiger partial charge in [-0.1, -0.05) is 24.3 Å². The number of aromatic nitrogens is 2. The molecule has 3 aromatic rings. The van der Waals surface area contributed by atoms with E-state index in [-0.39, 0.29) is 23.4 Å². The van der Waals surface area contributed by atoms with Crippen molar-refractivity contribution in [1.29, 1.82) is 0 Å². The van der Waals surface area contributed by atoms with Gasteiger partial charge in [-0.3, -0.25) is 19.0 Å². The van der Waals surface area contributed by atoms with Gasteiger partial charge in [0.15, 0.2) is 4.77 Å². The number of fused-ring (bicyclic) bond motifs is 1. The summed E-state index contributed by atoms with van der Waals surface area (Å²) in [6, 6.07) is 14.1. The molecule has 8 heteroatoms. The molecule has 7 nitrogen and oxygen atoms in total. The fourth-order valence-electron chi connectivity index (χ4n) is 3.95. The molecular weight excluding hydrogens is 424 g/mol. The molecule has 2 N–H and O–H groups in total. The molecule has 4 rings (SSSR count). The van der Waals surface area contributed by atoms with Gasteiger partial charge in [0, 0.05) is 36.8 Å². The van der Waals surface area contributed by atoms with Crippen LogP contribution in [0, 0.1) is 4.77 Å². The van der Waals surface area contributed by atoms with Crippen LogP contribution in [0.4, 0.5) is 0 Å². The van der Waals surface area contributed by atoms with E-state index in [0.717, 1.165) is 0 Å². The zero-order valence-corrected chi connectivity index (χ0v) is 18.4. The second-order valence-electron chi connectivity index (χ2n) is 7.80. The number of hydrogen-bond donors (Lipinski definition) is 2. The lowest BCUT2D eigenvalue weighted by Gasteiger charge is -2.32. The summed E-state index contributed by atoms with van der Waals surface area (Å²) in [5.41, 5.74) is 1.45. The number of amides is 2. The molecule has 1 saturated heterocycles. The molecule has 0 bridgehead atoms. The summed E-state index contributed by atoms with van der Waals surface area (Å²) in [6.45, 7) is 5.07. The SMILES string of the molecule is C=CCn1c(=S)[nH]c2cc(C(=O)N3CCC(NC(=O)c4ccccc4)CC3)ccc2c1=O. The quantitative estimate of drug-likeness (QED) is 0.463. The largest absolute Gasteiger partial charge is 0.349 e. The molecular formula is C24H24N4O3S. The fraction of sp³-hybridized carbons (Fsp3) is 0.250. The van der Waals surface area contributed by atoms with E-state index in [1.165, 1.54) is 4.57 Å². The molecule has 1 aromatic heterocycles. The van der Waals surface area contributed by atoms with Crippen LogP contribution in [-0.4, -0.2) is 45.4 Å². The molecule has 0 atom stereocenters. The first-order valence-corrected chi connectivity index (χ1v) is 10.9. The highest BCUT2D eigenvalue weighted by Crippen LogP contribution is 2.17. The van der Waals surface area contributed by atoms with Crippen LogP contribution in [0.3, 0.4) is 0 Å². The molecule has 2 aromatic carbocycles. The Hall–Kier alpha value is -3.52. The Morgan fingerprint density at radius 1 is 1.12 bits per heavy atom. The van der Waals surface area contributed by atoms with Gasteiger partial charge in [0.2, 0.25) is 0 Å². The van der Waals surface area contributed by atoms with E-state index in [0.29, 0.717) is 59.3 Å². The highest BCUT2D eigenvalue weighted by atomic mass is 32.1. The first-order chi connectivity index (χ1) is 15.5. The molecule has 0 unspecified atom stereocenters. The van der Waals surface area contributed by atoms with E-state index >= 15 is 0 Å². The minimum Gasteiger partial charge on any atom is -0.349 e. The molecule has 164 valence electrons. The van der Waals surface area contributed by atoms with Crippen molar-refractivity contribution in [3.05, 3.63) is 87.4 Å². The molecule has 1 fully saturated rings. The number of benzene rings is 2. The number of H-pyrrole nitrogens is 1. The molecule has 0 aliphatic carbocycles. The molecule has 1 aliphatic heterocycles. The molecule has 1 aliphatic rings. The molecule has 2 heterocycles. The number of nitrogens with one attached hydrogen (secondary N) is 2. The van der Waals surface area contributed by atoms with E-state index in [9.17, 15) is 14.4 Å². The number of nitrogens with zero attached hydrogens (tertiary/aromatic N) is 2. The molecule has 0 spiro atoms. The Kier molecular flexibility index (Phi) is 6.32. The topological polar surface area (TPSA) is 87.2 Å². The number of rotatable bonds is 5. The van der Waals surface area contributed by atoms with Crippen molar-refractivity contribution >= 4 is 34.9 Å². The fourth-order valence-corrected chi connectivity index (χ4v) is 4.22. The van der Waals surface area contributed by atoms with Crippen molar-refractivity contribution < 1.29 is 9.59 Å². The van der Waals surface area contributed by atoms with Crippen LogP contribution in [0.1, 0.15) is 33.6 Å². The summed E-state index contributed by atoms with van der Waals surface area (Å²) in [5, 5.41) is 3.52. The van der Waals surface area contributed by atoms with Crippen LogP contribution in [0.15, 0.2) is 66.0 Å². The van der Waals surface area contributed by atoms with Crippen molar-refractivity contribution in [3.8, 4) is 0 Å². The molecule has 0 radical (unpaired) electrons. The van der Waals surface area contributed by atoms with Crippen molar-refractivity contribution in [3.63, 3.8) is 0 Å². The summed E-state index contributed by atoms with van der Waals surface area (Å²) in [5.74, 6) is -0.198. The Bertz CT molecular complexity index is 1290. The monoisotopic (exact) mass is 448 g/mol. The average Bonchev–Trinajstić information content (AvgIpc) is 2.82. The number of piperidine rings is 1. The van der Waals surface area contributed by atoms with Crippen LogP contribution in [0.2, 0.25) is 0 Å². The van der Waals surface area contributed by atoms with Crippen molar-refractivity contribution in [2.45, 2.75) is 25.4 Å². The Morgan fingerprint density at radius 3 is 2.53 bits per heavy atom. The van der Waals surface area contributed by atoms with Crippen LogP contribution < -0.4 is 10.9 Å². The summed E-state index contributed by atoms with van der Waals surface area (Å²) in [7, 11) is 0. The van der Waals surface area contributed by atoms with Gasteiger partial charge in [-0.05, 0) is 55.4 Å². The van der Waals surface area contributed by atoms with E-state index in [1.54, 1.807) is 41.3 Å². The predicted molar refractivity (Wildman–Crippen MR) is 126 cm³/mol. The number of aromatic amines is 1. The van der Waals surface area contributed by atoms with Gasteiger partial charge in [0.1, 0.15) is 0 Å². The first kappa shape index (κ1) is 21.7. The molecule has 0 saturated carbocycles. The summed E-state index contributed by atoms with van der Waals surface area (Å²) >= 11 is 5.28. The van der Waals surface area contributed by atoms with E-state index < -0.39 is 0 Å². The zero-order valence-electron chi connectivity index (χ0n) is 17.5. The van der Waals surface area contributed by atoms with Crippen molar-refractivity contribution in [1.82, 2.24) is 19.8 Å². The number of allylic oxidation sites excluding steroid dienone is 1. The molecule has 2 amide bonds. The Morgan fingerprint density at radius 2 is 1.84 bits per heavy atom. The lowest BCUT2D eigenvalue weighted by atomic mass is 10.0. The maximum absolute atomic E-state index is 13.0. The van der Waals surface area contributed by atoms with E-state index in [4.69, 9.17) is 12.2 Å². The Labute approximate surface area is 190 Å². The maximum Gasteiger partial charge on any atom is 0.262 e. The summed E-state index contributed by atoms with van der Waals surface area (Å²) in [6.07, 6.45) is 2.99. The summed E-state index contributed by atoms with van der Waals surface area (Å²) < 4.78 is 1.72. The highest BCUT2D eigenvalue weighted by Gasteiger charge is 2.25. The standard InChI is InChI=1S/C24H24N4O3S/c1-2-12-28-23(31)19-9-8-17(15-20(19)26-24(28)32)22(30)27-13-10-18(11-14-27)25-21(29)16-6-4-3-5-7-16/h2-9,15,18H,1,10-14H2,(H,25,29)(H,26,32). The van der Waals surface area contributed by atoms with Gasteiger partial charge in [0.25, 0.3) is 17.4 Å². The van der Waals surface area contributed by atoms with E-state index in [2.05, 4.69) is 16.9 Å². The lowest BCUT2D eigenvalue weighted by molar-refractivity contribution is 0.0698. The number of carbonyl (C=O) groups is 2. The Balaban J connectivity index is 1.44. The zero-order chi connectivity index (χ0) is 22.7. The van der Waals surface area contributed by atoms with Gasteiger partial charge in [-0.15, -0.1) is 6.58 Å². The second-order valence-corrected chi connectivity index (χ2v) is 8.19. The van der Waals surface area contributed by atoms with E-state index in [1.807, 2.05) is 18.2 Å². The third kappa shape index (κ3) is 4.40. The van der Waals surface area contributed by atoms with Gasteiger partial charge in [0.05, 0.1) is 10.9 Å². The highest BCUT2D eigenvalue weighted by molar-refractivity contribution is 7.71. The van der Waals surface area contributed by atoms with Gasteiger partial charge < -0.3 is 15.2 Å². The summed E-state index contributed by atoms with van der Waals surface area (Å²) in [4.78, 5) is 42.9. The lowest BCUT2D eigenvalue weighted by Crippen LogP contribution is -2.46. The van der Waals surface area contributed by atoms with Gasteiger partial charge >= 0.3 is 0 Å². The normalized spacial score (nSPS) is 14.3. The van der Waals surface area contributed by atoms with Crippen LogP contribution in [-0.2, 0) is 6.54 Å². The minimum absolute atomic E-state index is 0.0304. The average molecular weight is 449 g/mol. The smallest absolute Gasteiger partial charge is 0.262 e. The third-order valence-electron chi connectivity index (χ3n) is 5.69. The van der Waals surface area contributed by atoms with Gasteiger partial charge in [-0.2, -0.15) is 0 Å². The number of carbonyl (C=O) groups excluding carboxylic acids is 2. The predicted octanol–water partition coefficient (Wildman–Crippen LogP) is 3.28. The van der Waals surface area contributed by atoms with Crippen molar-refractivity contribution in [2.24, 2.45) is 0 Å². The van der Waals surface area contributed by atoms with Crippen molar-refractivity contribution in [2.75, 3.05) is 13.1 Å². The van der Waals surface area contributed by atoms with Crippen LogP contribution in [0.5, 0.6) is 0 Å². The van der Waals surface area contributed by atoms with Crippen LogP contribution in [0.25, 0.3) is 10.9 Å². The first-order valence-electron chi connectivity index (χ1n) is 10.5. The number of likely N-dealkylation sites (tertiary alicyclic amines) is 1.